The molecule has 1 rings (SSSR count). The average molecular weight is 213 g/mol. The molecule has 0 bridgehead atoms. The summed E-state index contributed by atoms with van der Waals surface area (Å²) in [7, 11) is 1.42. The van der Waals surface area contributed by atoms with Crippen LogP contribution in [0, 0.1) is 5.82 Å². The molecule has 1 aromatic carbocycles. The number of benzene rings is 1. The van der Waals surface area contributed by atoms with E-state index in [0.29, 0.717) is 5.69 Å². The van der Waals surface area contributed by atoms with Crippen molar-refractivity contribution in [2.75, 3.05) is 12.4 Å². The molecular weight excluding hydrogens is 197 g/mol. The average Bonchev–Trinajstić information content (AvgIpc) is 2.18. The summed E-state index contributed by atoms with van der Waals surface area (Å²) >= 11 is 0. The smallest absolute Gasteiger partial charge is 0.167 e. The molecule has 0 saturated heterocycles. The van der Waals surface area contributed by atoms with Crippen LogP contribution in [0.4, 0.5) is 10.1 Å². The second kappa shape index (κ2) is 4.98. The number of rotatable bonds is 4. The van der Waals surface area contributed by atoms with Crippen LogP contribution in [-0.2, 0) is 0 Å². The van der Waals surface area contributed by atoms with Crippen LogP contribution in [0.25, 0.3) is 0 Å². The predicted molar refractivity (Wildman–Crippen MR) is 57.7 cm³/mol. The Hall–Kier alpha value is -1.29. The van der Waals surface area contributed by atoms with Crippen LogP contribution in [0.5, 0.6) is 5.75 Å². The van der Waals surface area contributed by atoms with Gasteiger partial charge in [0.25, 0.3) is 0 Å². The maximum atomic E-state index is 13.3. The Balaban J connectivity index is 2.75. The topological polar surface area (TPSA) is 41.5 Å². The summed E-state index contributed by atoms with van der Waals surface area (Å²) in [6.07, 6.45) is -0.491. The van der Waals surface area contributed by atoms with Crippen molar-refractivity contribution in [3.8, 4) is 5.75 Å². The summed E-state index contributed by atoms with van der Waals surface area (Å²) in [5.74, 6) is -0.203. The monoisotopic (exact) mass is 213 g/mol. The zero-order valence-electron chi connectivity index (χ0n) is 9.12. The van der Waals surface area contributed by atoms with Crippen LogP contribution >= 0.6 is 0 Å². The normalized spacial score (nSPS) is 14.5. The Morgan fingerprint density at radius 1 is 1.40 bits per heavy atom. The zero-order valence-corrected chi connectivity index (χ0v) is 9.12. The van der Waals surface area contributed by atoms with E-state index in [-0.39, 0.29) is 11.8 Å². The molecule has 0 spiro atoms. The first-order valence-electron chi connectivity index (χ1n) is 4.82. The van der Waals surface area contributed by atoms with Crippen LogP contribution in [0.2, 0.25) is 0 Å². The Labute approximate surface area is 88.9 Å². The van der Waals surface area contributed by atoms with Gasteiger partial charge in [-0.3, -0.25) is 0 Å². The Kier molecular flexibility index (Phi) is 3.91. The van der Waals surface area contributed by atoms with E-state index in [2.05, 4.69) is 5.32 Å². The van der Waals surface area contributed by atoms with Gasteiger partial charge >= 0.3 is 0 Å². The van der Waals surface area contributed by atoms with Gasteiger partial charge in [-0.2, -0.15) is 0 Å². The molecule has 0 aliphatic carbocycles. The number of nitrogens with one attached hydrogen (secondary N) is 1. The maximum absolute atomic E-state index is 13.3. The van der Waals surface area contributed by atoms with Crippen molar-refractivity contribution in [3.05, 3.63) is 24.0 Å². The maximum Gasteiger partial charge on any atom is 0.167 e. The summed E-state index contributed by atoms with van der Waals surface area (Å²) in [5.41, 5.74) is 0.627. The first-order valence-corrected chi connectivity index (χ1v) is 4.82. The molecule has 0 fully saturated rings. The second-order valence-corrected chi connectivity index (χ2v) is 3.52. The summed E-state index contributed by atoms with van der Waals surface area (Å²) in [5, 5.41) is 12.3. The summed E-state index contributed by atoms with van der Waals surface area (Å²) < 4.78 is 18.1. The molecule has 84 valence electrons. The van der Waals surface area contributed by atoms with Gasteiger partial charge < -0.3 is 15.2 Å². The first-order chi connectivity index (χ1) is 7.04. The van der Waals surface area contributed by atoms with Gasteiger partial charge in [0, 0.05) is 17.8 Å². The van der Waals surface area contributed by atoms with E-state index < -0.39 is 11.9 Å². The van der Waals surface area contributed by atoms with E-state index in [1.165, 1.54) is 13.2 Å². The SMILES string of the molecule is COc1ccc(NC(C)C(C)O)cc1F. The van der Waals surface area contributed by atoms with Crippen LogP contribution < -0.4 is 10.1 Å². The number of halogens is 1. The third kappa shape index (κ3) is 3.09. The molecule has 2 N–H and O–H groups in total. The fourth-order valence-electron chi connectivity index (χ4n) is 1.14. The van der Waals surface area contributed by atoms with Crippen LogP contribution in [0.15, 0.2) is 18.2 Å². The molecule has 3 nitrogen and oxygen atoms in total. The molecule has 15 heavy (non-hydrogen) atoms. The van der Waals surface area contributed by atoms with E-state index in [1.807, 2.05) is 6.92 Å². The van der Waals surface area contributed by atoms with Crippen LogP contribution in [-0.4, -0.2) is 24.4 Å². The van der Waals surface area contributed by atoms with E-state index >= 15 is 0 Å². The molecule has 2 unspecified atom stereocenters. The number of ether oxygens (including phenoxy) is 1. The van der Waals surface area contributed by atoms with Gasteiger partial charge in [-0.15, -0.1) is 0 Å². The molecule has 1 aromatic rings. The standard InChI is InChI=1S/C11H16FNO2/c1-7(8(2)14)13-9-4-5-11(15-3)10(12)6-9/h4-8,13-14H,1-3H3. The van der Waals surface area contributed by atoms with Gasteiger partial charge in [-0.25, -0.2) is 4.39 Å². The number of anilines is 1. The fraction of sp³-hybridized carbons (Fsp3) is 0.455. The minimum atomic E-state index is -0.491. The second-order valence-electron chi connectivity index (χ2n) is 3.52. The van der Waals surface area contributed by atoms with Crippen molar-refractivity contribution in [2.24, 2.45) is 0 Å². The summed E-state index contributed by atoms with van der Waals surface area (Å²) in [6, 6.07) is 4.48. The van der Waals surface area contributed by atoms with E-state index in [0.717, 1.165) is 0 Å². The highest BCUT2D eigenvalue weighted by atomic mass is 19.1. The Bertz CT molecular complexity index is 328. The highest BCUT2D eigenvalue weighted by molar-refractivity contribution is 5.48. The first kappa shape index (κ1) is 11.8. The van der Waals surface area contributed by atoms with E-state index in [4.69, 9.17) is 4.74 Å². The number of aliphatic hydroxyl groups excluding tert-OH is 1. The minimum absolute atomic E-state index is 0.127. The van der Waals surface area contributed by atoms with Crippen molar-refractivity contribution in [3.63, 3.8) is 0 Å². The molecule has 0 heterocycles. The fourth-order valence-corrected chi connectivity index (χ4v) is 1.14. The van der Waals surface area contributed by atoms with E-state index in [9.17, 15) is 9.50 Å². The number of hydrogen-bond acceptors (Lipinski definition) is 3. The predicted octanol–water partition coefficient (Wildman–Crippen LogP) is 2.02. The number of aliphatic hydroxyl groups is 1. The lowest BCUT2D eigenvalue weighted by molar-refractivity contribution is 0.178. The van der Waals surface area contributed by atoms with Gasteiger partial charge in [0.2, 0.25) is 0 Å². The Morgan fingerprint density at radius 3 is 2.53 bits per heavy atom. The molecule has 2 atom stereocenters. The third-order valence-electron chi connectivity index (χ3n) is 2.27. The van der Waals surface area contributed by atoms with Crippen molar-refractivity contribution in [2.45, 2.75) is 26.0 Å². The van der Waals surface area contributed by atoms with Crippen molar-refractivity contribution >= 4 is 5.69 Å². The highest BCUT2D eigenvalue weighted by Gasteiger charge is 2.09. The van der Waals surface area contributed by atoms with Gasteiger partial charge in [-0.1, -0.05) is 0 Å². The molecule has 0 aliphatic heterocycles. The van der Waals surface area contributed by atoms with Gasteiger partial charge in [-0.05, 0) is 26.0 Å². The van der Waals surface area contributed by atoms with E-state index in [1.54, 1.807) is 19.1 Å². The molecular formula is C11H16FNO2. The molecule has 0 aromatic heterocycles. The lowest BCUT2D eigenvalue weighted by atomic mass is 10.2. The van der Waals surface area contributed by atoms with Gasteiger partial charge in [0.05, 0.1) is 13.2 Å². The molecule has 0 aliphatic rings. The molecule has 0 saturated carbocycles. The third-order valence-corrected chi connectivity index (χ3v) is 2.27. The molecule has 0 radical (unpaired) electrons. The largest absolute Gasteiger partial charge is 0.494 e. The van der Waals surface area contributed by atoms with Gasteiger partial charge in [0.15, 0.2) is 11.6 Å². The summed E-state index contributed by atoms with van der Waals surface area (Å²) in [4.78, 5) is 0. The molecule has 4 heteroatoms. The minimum Gasteiger partial charge on any atom is -0.494 e. The van der Waals surface area contributed by atoms with Crippen LogP contribution in [0.1, 0.15) is 13.8 Å². The number of methoxy groups -OCH3 is 1. The van der Waals surface area contributed by atoms with Crippen molar-refractivity contribution < 1.29 is 14.2 Å². The quantitative estimate of drug-likeness (QED) is 0.804. The lowest BCUT2D eigenvalue weighted by Crippen LogP contribution is -2.27. The Morgan fingerprint density at radius 2 is 2.07 bits per heavy atom. The lowest BCUT2D eigenvalue weighted by Gasteiger charge is -2.18. The van der Waals surface area contributed by atoms with Gasteiger partial charge in [0.1, 0.15) is 0 Å². The zero-order chi connectivity index (χ0) is 11.4. The summed E-state index contributed by atoms with van der Waals surface area (Å²) in [6.45, 7) is 3.50. The van der Waals surface area contributed by atoms with Crippen molar-refractivity contribution in [1.82, 2.24) is 0 Å². The van der Waals surface area contributed by atoms with Crippen molar-refractivity contribution in [1.29, 1.82) is 0 Å². The molecule has 0 amide bonds. The highest BCUT2D eigenvalue weighted by Crippen LogP contribution is 2.21. The number of hydrogen-bond donors (Lipinski definition) is 2. The van der Waals surface area contributed by atoms with Crippen LogP contribution in [0.3, 0.4) is 0 Å².